The van der Waals surface area contributed by atoms with E-state index in [4.69, 9.17) is 5.73 Å². The third kappa shape index (κ3) is 2.66. The molecule has 1 heterocycles. The number of nitrogens with two attached hydrogens (primary N) is 1. The number of rotatable bonds is 4. The van der Waals surface area contributed by atoms with Gasteiger partial charge in [-0.3, -0.25) is 4.79 Å². The second-order valence-electron chi connectivity index (χ2n) is 4.94. The summed E-state index contributed by atoms with van der Waals surface area (Å²) in [7, 11) is 0. The highest BCUT2D eigenvalue weighted by Crippen LogP contribution is 2.43. The van der Waals surface area contributed by atoms with Gasteiger partial charge in [0.1, 0.15) is 0 Å². The lowest BCUT2D eigenvalue weighted by Gasteiger charge is -2.40. The van der Waals surface area contributed by atoms with Crippen LogP contribution in [0.3, 0.4) is 0 Å². The maximum Gasteiger partial charge on any atom is 0.226 e. The zero-order valence-electron chi connectivity index (χ0n) is 10.4. The van der Waals surface area contributed by atoms with Crippen LogP contribution in [-0.2, 0) is 4.79 Å². The third-order valence-electron chi connectivity index (χ3n) is 3.66. The van der Waals surface area contributed by atoms with Gasteiger partial charge < -0.3 is 11.1 Å². The van der Waals surface area contributed by atoms with E-state index in [0.717, 1.165) is 23.4 Å². The van der Waals surface area contributed by atoms with Crippen molar-refractivity contribution in [1.82, 2.24) is 4.98 Å². The first-order chi connectivity index (χ1) is 8.04. The number of aryl methyl sites for hydroxylation is 2. The van der Waals surface area contributed by atoms with Crippen LogP contribution in [0.2, 0.25) is 0 Å². The van der Waals surface area contributed by atoms with Crippen LogP contribution < -0.4 is 11.1 Å². The number of carbonyl (C=O) groups excluding carboxylic acids is 1. The summed E-state index contributed by atoms with van der Waals surface area (Å²) in [5, 5.41) is 3.58. The van der Waals surface area contributed by atoms with Crippen molar-refractivity contribution in [2.75, 3.05) is 11.9 Å². The molecule has 4 nitrogen and oxygen atoms in total. The van der Waals surface area contributed by atoms with E-state index in [0.29, 0.717) is 18.1 Å². The van der Waals surface area contributed by atoms with E-state index in [1.807, 2.05) is 13.8 Å². The summed E-state index contributed by atoms with van der Waals surface area (Å²) in [6.07, 6.45) is 3.88. The van der Waals surface area contributed by atoms with Gasteiger partial charge in [0.25, 0.3) is 0 Å². The summed E-state index contributed by atoms with van der Waals surface area (Å²) < 4.78 is 0. The lowest BCUT2D eigenvalue weighted by molar-refractivity contribution is -0.119. The van der Waals surface area contributed by atoms with Crippen LogP contribution in [0.5, 0.6) is 0 Å². The monoisotopic (exact) mass is 253 g/mol. The van der Waals surface area contributed by atoms with Gasteiger partial charge >= 0.3 is 0 Å². The Kier molecular flexibility index (Phi) is 3.49. The molecule has 0 spiro atoms. The molecule has 0 saturated heterocycles. The Labute approximate surface area is 106 Å². The third-order valence-corrected chi connectivity index (χ3v) is 4.65. The molecule has 0 bridgehead atoms. The second kappa shape index (κ2) is 4.74. The second-order valence-corrected chi connectivity index (χ2v) is 6.15. The molecule has 1 aliphatic rings. The Hall–Kier alpha value is -0.940. The first-order valence-electron chi connectivity index (χ1n) is 5.99. The van der Waals surface area contributed by atoms with Crippen molar-refractivity contribution >= 4 is 22.4 Å². The van der Waals surface area contributed by atoms with Gasteiger partial charge in [-0.1, -0.05) is 6.42 Å². The van der Waals surface area contributed by atoms with E-state index in [-0.39, 0.29) is 11.3 Å². The number of nitrogens with one attached hydrogen (secondary N) is 1. The fourth-order valence-electron chi connectivity index (χ4n) is 2.16. The standard InChI is InChI=1S/C12H19N3OS/c1-8-9(2)17-11(14-8)15-10(16)6-12(7-13)4-3-5-12/h3-7,13H2,1-2H3,(H,14,15,16). The fourth-order valence-corrected chi connectivity index (χ4v) is 2.99. The van der Waals surface area contributed by atoms with Gasteiger partial charge in [-0.15, -0.1) is 11.3 Å². The molecule has 5 heteroatoms. The molecule has 0 aromatic carbocycles. The zero-order valence-corrected chi connectivity index (χ0v) is 11.2. The maximum atomic E-state index is 11.9. The molecule has 0 atom stereocenters. The average Bonchev–Trinajstić information content (AvgIpc) is 2.52. The van der Waals surface area contributed by atoms with Gasteiger partial charge in [-0.2, -0.15) is 0 Å². The normalized spacial score (nSPS) is 17.6. The summed E-state index contributed by atoms with van der Waals surface area (Å²) in [6.45, 7) is 4.57. The minimum absolute atomic E-state index is 0.0453. The zero-order chi connectivity index (χ0) is 12.5. The van der Waals surface area contributed by atoms with Crippen LogP contribution >= 0.6 is 11.3 Å². The maximum absolute atomic E-state index is 11.9. The Morgan fingerprint density at radius 2 is 2.24 bits per heavy atom. The molecule has 0 radical (unpaired) electrons. The molecule has 3 N–H and O–H groups in total. The largest absolute Gasteiger partial charge is 0.330 e. The molecular formula is C12H19N3OS. The van der Waals surface area contributed by atoms with E-state index in [1.165, 1.54) is 17.8 Å². The average molecular weight is 253 g/mol. The molecule has 2 rings (SSSR count). The van der Waals surface area contributed by atoms with Gasteiger partial charge in [-0.25, -0.2) is 4.98 Å². The first kappa shape index (κ1) is 12.5. The lowest BCUT2D eigenvalue weighted by atomic mass is 9.66. The Morgan fingerprint density at radius 1 is 1.53 bits per heavy atom. The van der Waals surface area contributed by atoms with Crippen molar-refractivity contribution in [2.24, 2.45) is 11.1 Å². The van der Waals surface area contributed by atoms with Crippen LogP contribution in [0.4, 0.5) is 5.13 Å². The van der Waals surface area contributed by atoms with Gasteiger partial charge in [0, 0.05) is 11.3 Å². The summed E-state index contributed by atoms with van der Waals surface area (Å²) >= 11 is 1.53. The fraction of sp³-hybridized carbons (Fsp3) is 0.667. The molecule has 1 aromatic heterocycles. The Balaban J connectivity index is 1.93. The number of hydrogen-bond acceptors (Lipinski definition) is 4. The van der Waals surface area contributed by atoms with Crippen molar-refractivity contribution in [2.45, 2.75) is 39.5 Å². The molecule has 1 aliphatic carbocycles. The van der Waals surface area contributed by atoms with Crippen LogP contribution in [0, 0.1) is 19.3 Å². The summed E-state index contributed by atoms with van der Waals surface area (Å²) in [5.74, 6) is 0.0453. The van der Waals surface area contributed by atoms with E-state index in [1.54, 1.807) is 0 Å². The van der Waals surface area contributed by atoms with Crippen molar-refractivity contribution < 1.29 is 4.79 Å². The molecule has 1 amide bonds. The van der Waals surface area contributed by atoms with E-state index in [2.05, 4.69) is 10.3 Å². The van der Waals surface area contributed by atoms with Crippen LogP contribution in [0.15, 0.2) is 0 Å². The van der Waals surface area contributed by atoms with Crippen molar-refractivity contribution in [3.63, 3.8) is 0 Å². The van der Waals surface area contributed by atoms with Crippen molar-refractivity contribution in [3.8, 4) is 0 Å². The summed E-state index contributed by atoms with van der Waals surface area (Å²) in [4.78, 5) is 17.4. The van der Waals surface area contributed by atoms with Crippen molar-refractivity contribution in [1.29, 1.82) is 0 Å². The predicted octanol–water partition coefficient (Wildman–Crippen LogP) is 2.22. The molecule has 94 valence electrons. The molecule has 1 aromatic rings. The van der Waals surface area contributed by atoms with Crippen molar-refractivity contribution in [3.05, 3.63) is 10.6 Å². The molecule has 0 unspecified atom stereocenters. The Bertz CT molecular complexity index is 398. The smallest absolute Gasteiger partial charge is 0.226 e. The topological polar surface area (TPSA) is 68.0 Å². The minimum Gasteiger partial charge on any atom is -0.330 e. The highest BCUT2D eigenvalue weighted by molar-refractivity contribution is 7.15. The molecular weight excluding hydrogens is 234 g/mol. The van der Waals surface area contributed by atoms with E-state index < -0.39 is 0 Å². The van der Waals surface area contributed by atoms with Crippen LogP contribution in [0.25, 0.3) is 0 Å². The van der Waals surface area contributed by atoms with E-state index in [9.17, 15) is 4.79 Å². The molecule has 1 saturated carbocycles. The lowest BCUT2D eigenvalue weighted by Crippen LogP contribution is -2.40. The van der Waals surface area contributed by atoms with E-state index >= 15 is 0 Å². The number of thiazole rings is 1. The number of aromatic nitrogens is 1. The summed E-state index contributed by atoms with van der Waals surface area (Å²) in [6, 6.07) is 0. The minimum atomic E-state index is 0.0453. The highest BCUT2D eigenvalue weighted by atomic mass is 32.1. The van der Waals surface area contributed by atoms with Gasteiger partial charge in [0.15, 0.2) is 5.13 Å². The Morgan fingerprint density at radius 3 is 2.65 bits per heavy atom. The highest BCUT2D eigenvalue weighted by Gasteiger charge is 2.37. The summed E-state index contributed by atoms with van der Waals surface area (Å²) in [5.41, 5.74) is 6.80. The molecule has 0 aliphatic heterocycles. The predicted molar refractivity (Wildman–Crippen MR) is 70.2 cm³/mol. The van der Waals surface area contributed by atoms with Crippen LogP contribution in [-0.4, -0.2) is 17.4 Å². The first-order valence-corrected chi connectivity index (χ1v) is 6.80. The SMILES string of the molecule is Cc1nc(NC(=O)CC2(CN)CCC2)sc1C. The number of nitrogens with zero attached hydrogens (tertiary/aromatic N) is 1. The van der Waals surface area contributed by atoms with Gasteiger partial charge in [0.2, 0.25) is 5.91 Å². The molecule has 17 heavy (non-hydrogen) atoms. The molecule has 1 fully saturated rings. The quantitative estimate of drug-likeness (QED) is 0.864. The number of carbonyl (C=O) groups is 1. The number of hydrogen-bond donors (Lipinski definition) is 2. The number of amides is 1. The van der Waals surface area contributed by atoms with Crippen LogP contribution in [0.1, 0.15) is 36.3 Å². The number of anilines is 1. The van der Waals surface area contributed by atoms with Gasteiger partial charge in [-0.05, 0) is 38.6 Å². The van der Waals surface area contributed by atoms with Gasteiger partial charge in [0.05, 0.1) is 5.69 Å².